The molecule has 0 aliphatic heterocycles. The number of hydrogen-bond donors (Lipinski definition) is 2. The topological polar surface area (TPSA) is 58.0 Å². The summed E-state index contributed by atoms with van der Waals surface area (Å²) in [6.45, 7) is 5.48. The fourth-order valence-electron chi connectivity index (χ4n) is 1.21. The Bertz CT molecular complexity index is 249. The molecule has 2 N–H and O–H groups in total. The van der Waals surface area contributed by atoms with Crippen LogP contribution in [0.15, 0.2) is 5.51 Å². The van der Waals surface area contributed by atoms with E-state index in [1.165, 1.54) is 11.3 Å². The number of hydrogen-bond acceptors (Lipinski definition) is 5. The molecule has 0 bridgehead atoms. The predicted molar refractivity (Wildman–Crippen MR) is 58.5 cm³/mol. The van der Waals surface area contributed by atoms with E-state index in [9.17, 15) is 0 Å². The van der Waals surface area contributed by atoms with E-state index in [1.54, 1.807) is 5.51 Å². The van der Waals surface area contributed by atoms with Crippen molar-refractivity contribution < 1.29 is 5.11 Å². The Morgan fingerprint density at radius 1 is 1.57 bits per heavy atom. The lowest BCUT2D eigenvalue weighted by Crippen LogP contribution is -2.23. The molecule has 0 aliphatic carbocycles. The van der Waals surface area contributed by atoms with Crippen molar-refractivity contribution in [2.45, 2.75) is 26.7 Å². The van der Waals surface area contributed by atoms with E-state index in [-0.39, 0.29) is 12.0 Å². The molecule has 0 unspecified atom stereocenters. The largest absolute Gasteiger partial charge is 0.396 e. The van der Waals surface area contributed by atoms with Crippen molar-refractivity contribution >= 4 is 16.5 Å². The van der Waals surface area contributed by atoms with E-state index < -0.39 is 0 Å². The first-order valence-corrected chi connectivity index (χ1v) is 5.63. The molecule has 14 heavy (non-hydrogen) atoms. The summed E-state index contributed by atoms with van der Waals surface area (Å²) in [5, 5.41) is 20.5. The SMILES string of the molecule is CC(C)(CCCO)CNc1nncs1. The van der Waals surface area contributed by atoms with Crippen molar-refractivity contribution in [3.63, 3.8) is 0 Å². The van der Waals surface area contributed by atoms with E-state index in [0.29, 0.717) is 0 Å². The summed E-state index contributed by atoms with van der Waals surface area (Å²) >= 11 is 1.50. The van der Waals surface area contributed by atoms with Gasteiger partial charge < -0.3 is 10.4 Å². The van der Waals surface area contributed by atoms with Gasteiger partial charge in [0.25, 0.3) is 0 Å². The molecule has 80 valence electrons. The van der Waals surface area contributed by atoms with Crippen LogP contribution in [0.5, 0.6) is 0 Å². The molecule has 1 heterocycles. The standard InChI is InChI=1S/C9H17N3OS/c1-9(2,4-3-5-13)6-10-8-12-11-7-14-8/h7,13H,3-6H2,1-2H3,(H,10,12). The third-order valence-electron chi connectivity index (χ3n) is 2.09. The third kappa shape index (κ3) is 4.02. The van der Waals surface area contributed by atoms with E-state index in [2.05, 4.69) is 29.4 Å². The Labute approximate surface area is 88.4 Å². The minimum absolute atomic E-state index is 0.189. The van der Waals surface area contributed by atoms with Gasteiger partial charge in [0.1, 0.15) is 5.51 Å². The van der Waals surface area contributed by atoms with Crippen LogP contribution in [0.25, 0.3) is 0 Å². The molecular formula is C9H17N3OS. The van der Waals surface area contributed by atoms with Gasteiger partial charge in [0.2, 0.25) is 5.13 Å². The molecule has 0 radical (unpaired) electrons. The second-order valence-corrected chi connectivity index (χ2v) is 4.92. The van der Waals surface area contributed by atoms with Crippen LogP contribution >= 0.6 is 11.3 Å². The molecule has 1 rings (SSSR count). The average Bonchev–Trinajstić information content (AvgIpc) is 2.64. The zero-order valence-corrected chi connectivity index (χ0v) is 9.47. The molecule has 0 saturated carbocycles. The summed E-state index contributed by atoms with van der Waals surface area (Å²) in [7, 11) is 0. The highest BCUT2D eigenvalue weighted by Crippen LogP contribution is 2.23. The van der Waals surface area contributed by atoms with Gasteiger partial charge in [0, 0.05) is 13.2 Å². The lowest BCUT2D eigenvalue weighted by Gasteiger charge is -2.24. The van der Waals surface area contributed by atoms with Gasteiger partial charge in [-0.2, -0.15) is 0 Å². The van der Waals surface area contributed by atoms with Gasteiger partial charge in [0.15, 0.2) is 0 Å². The van der Waals surface area contributed by atoms with E-state index in [0.717, 1.165) is 24.5 Å². The van der Waals surface area contributed by atoms with Crippen LogP contribution in [-0.4, -0.2) is 28.5 Å². The summed E-state index contributed by atoms with van der Waals surface area (Å²) in [5.41, 5.74) is 1.90. The first-order chi connectivity index (χ1) is 6.64. The van der Waals surface area contributed by atoms with Crippen molar-refractivity contribution in [2.75, 3.05) is 18.5 Å². The van der Waals surface area contributed by atoms with Crippen molar-refractivity contribution in [1.29, 1.82) is 0 Å². The smallest absolute Gasteiger partial charge is 0.205 e. The number of anilines is 1. The van der Waals surface area contributed by atoms with Gasteiger partial charge in [-0.15, -0.1) is 10.2 Å². The van der Waals surface area contributed by atoms with Gasteiger partial charge in [-0.3, -0.25) is 0 Å². The summed E-state index contributed by atoms with van der Waals surface area (Å²) in [5.74, 6) is 0. The summed E-state index contributed by atoms with van der Waals surface area (Å²) in [6.07, 6.45) is 1.86. The second-order valence-electron chi connectivity index (χ2n) is 4.09. The summed E-state index contributed by atoms with van der Waals surface area (Å²) in [4.78, 5) is 0. The van der Waals surface area contributed by atoms with Crippen molar-refractivity contribution in [3.05, 3.63) is 5.51 Å². The van der Waals surface area contributed by atoms with E-state index in [4.69, 9.17) is 5.11 Å². The van der Waals surface area contributed by atoms with Crippen molar-refractivity contribution in [1.82, 2.24) is 10.2 Å². The molecule has 0 atom stereocenters. The summed E-state index contributed by atoms with van der Waals surface area (Å²) in [6, 6.07) is 0. The number of aromatic nitrogens is 2. The zero-order valence-electron chi connectivity index (χ0n) is 8.66. The molecule has 1 aromatic heterocycles. The lowest BCUT2D eigenvalue weighted by molar-refractivity contribution is 0.248. The third-order valence-corrected chi connectivity index (χ3v) is 2.74. The number of rotatable bonds is 6. The van der Waals surface area contributed by atoms with E-state index in [1.807, 2.05) is 0 Å². The molecule has 4 nitrogen and oxygen atoms in total. The van der Waals surface area contributed by atoms with Gasteiger partial charge in [-0.25, -0.2) is 0 Å². The van der Waals surface area contributed by atoms with Crippen LogP contribution in [0, 0.1) is 5.41 Å². The Kier molecular flexibility index (Phi) is 4.28. The Hall–Kier alpha value is -0.680. The summed E-state index contributed by atoms with van der Waals surface area (Å²) < 4.78 is 0. The molecule has 0 spiro atoms. The van der Waals surface area contributed by atoms with Crippen LogP contribution in [0.4, 0.5) is 5.13 Å². The number of nitrogens with one attached hydrogen (secondary N) is 1. The average molecular weight is 215 g/mol. The Balaban J connectivity index is 2.28. The number of aliphatic hydroxyl groups is 1. The minimum atomic E-state index is 0.189. The Morgan fingerprint density at radius 3 is 2.93 bits per heavy atom. The zero-order chi connectivity index (χ0) is 10.4. The molecule has 1 aromatic rings. The van der Waals surface area contributed by atoms with Crippen LogP contribution in [0.3, 0.4) is 0 Å². The predicted octanol–water partition coefficient (Wildman–Crippen LogP) is 1.75. The maximum atomic E-state index is 8.74. The highest BCUT2D eigenvalue weighted by atomic mass is 32.1. The molecule has 0 saturated heterocycles. The maximum absolute atomic E-state index is 8.74. The lowest BCUT2D eigenvalue weighted by atomic mass is 9.88. The molecule has 0 aliphatic rings. The molecule has 0 fully saturated rings. The Morgan fingerprint density at radius 2 is 2.36 bits per heavy atom. The fraction of sp³-hybridized carbons (Fsp3) is 0.778. The molecule has 5 heteroatoms. The highest BCUT2D eigenvalue weighted by Gasteiger charge is 2.17. The maximum Gasteiger partial charge on any atom is 0.205 e. The van der Waals surface area contributed by atoms with Crippen LogP contribution in [0.2, 0.25) is 0 Å². The van der Waals surface area contributed by atoms with Gasteiger partial charge in [0.05, 0.1) is 0 Å². The van der Waals surface area contributed by atoms with Gasteiger partial charge in [-0.1, -0.05) is 25.2 Å². The van der Waals surface area contributed by atoms with Crippen LogP contribution < -0.4 is 5.32 Å². The number of aliphatic hydroxyl groups excluding tert-OH is 1. The van der Waals surface area contributed by atoms with Crippen molar-refractivity contribution in [3.8, 4) is 0 Å². The quantitative estimate of drug-likeness (QED) is 0.759. The molecular weight excluding hydrogens is 198 g/mol. The molecule has 0 aromatic carbocycles. The normalized spacial score (nSPS) is 11.6. The highest BCUT2D eigenvalue weighted by molar-refractivity contribution is 7.13. The monoisotopic (exact) mass is 215 g/mol. The molecule has 0 amide bonds. The fourth-order valence-corrected chi connectivity index (χ4v) is 1.65. The minimum Gasteiger partial charge on any atom is -0.396 e. The van der Waals surface area contributed by atoms with Crippen LogP contribution in [-0.2, 0) is 0 Å². The second kappa shape index (κ2) is 5.26. The van der Waals surface area contributed by atoms with Gasteiger partial charge in [-0.05, 0) is 18.3 Å². The van der Waals surface area contributed by atoms with Crippen LogP contribution in [0.1, 0.15) is 26.7 Å². The van der Waals surface area contributed by atoms with Crippen molar-refractivity contribution in [2.24, 2.45) is 5.41 Å². The van der Waals surface area contributed by atoms with Gasteiger partial charge >= 0.3 is 0 Å². The number of nitrogens with zero attached hydrogens (tertiary/aromatic N) is 2. The van der Waals surface area contributed by atoms with E-state index >= 15 is 0 Å². The first kappa shape index (κ1) is 11.4. The first-order valence-electron chi connectivity index (χ1n) is 4.75.